The van der Waals surface area contributed by atoms with Crippen LogP contribution in [0.15, 0.2) is 24.3 Å². The Bertz CT molecular complexity index is 450. The van der Waals surface area contributed by atoms with Gasteiger partial charge in [0.05, 0.1) is 0 Å². The Labute approximate surface area is 120 Å². The molecule has 2 saturated carbocycles. The number of aliphatic hydroxyl groups excluding tert-OH is 1. The summed E-state index contributed by atoms with van der Waals surface area (Å²) in [6, 6.07) is 7.52. The van der Waals surface area contributed by atoms with E-state index in [0.29, 0.717) is 18.6 Å². The fourth-order valence-electron chi connectivity index (χ4n) is 3.69. The molecule has 2 aliphatic rings. The third kappa shape index (κ3) is 2.89. The molecule has 20 heavy (non-hydrogen) atoms. The first-order valence-corrected chi connectivity index (χ1v) is 7.80. The van der Waals surface area contributed by atoms with Crippen molar-refractivity contribution in [1.82, 2.24) is 5.32 Å². The van der Waals surface area contributed by atoms with Crippen LogP contribution in [0.1, 0.15) is 50.0 Å². The average Bonchev–Trinajstić information content (AvgIpc) is 2.86. The van der Waals surface area contributed by atoms with E-state index in [2.05, 4.69) is 5.32 Å². The highest BCUT2D eigenvalue weighted by Crippen LogP contribution is 2.40. The van der Waals surface area contributed by atoms with Gasteiger partial charge in [-0.25, -0.2) is 4.39 Å². The van der Waals surface area contributed by atoms with Gasteiger partial charge in [0.2, 0.25) is 0 Å². The maximum atomic E-state index is 13.2. The van der Waals surface area contributed by atoms with Crippen molar-refractivity contribution in [3.63, 3.8) is 0 Å². The van der Waals surface area contributed by atoms with E-state index < -0.39 is 0 Å². The summed E-state index contributed by atoms with van der Waals surface area (Å²) in [5.41, 5.74) is 1.25. The Morgan fingerprint density at radius 3 is 2.65 bits per heavy atom. The third-order valence-electron chi connectivity index (χ3n) is 5.22. The molecule has 3 rings (SSSR count). The lowest BCUT2D eigenvalue weighted by molar-refractivity contribution is 0.117. The Kier molecular flexibility index (Phi) is 4.08. The van der Waals surface area contributed by atoms with Gasteiger partial charge in [0.1, 0.15) is 5.82 Å². The minimum absolute atomic E-state index is 0.129. The van der Waals surface area contributed by atoms with Crippen LogP contribution in [0.5, 0.6) is 0 Å². The van der Waals surface area contributed by atoms with Gasteiger partial charge < -0.3 is 10.4 Å². The van der Waals surface area contributed by atoms with Gasteiger partial charge in [0, 0.05) is 24.6 Å². The van der Waals surface area contributed by atoms with Crippen molar-refractivity contribution < 1.29 is 9.50 Å². The van der Waals surface area contributed by atoms with Crippen LogP contribution in [-0.2, 0) is 0 Å². The first-order valence-electron chi connectivity index (χ1n) is 7.80. The number of nitrogens with one attached hydrogen (secondary N) is 1. The lowest BCUT2D eigenvalue weighted by Crippen LogP contribution is -2.46. The van der Waals surface area contributed by atoms with Crippen molar-refractivity contribution in [1.29, 1.82) is 0 Å². The molecule has 0 amide bonds. The molecule has 0 unspecified atom stereocenters. The average molecular weight is 277 g/mol. The Morgan fingerprint density at radius 2 is 2.00 bits per heavy atom. The fraction of sp³-hybridized carbons (Fsp3) is 0.647. The lowest BCUT2D eigenvalue weighted by atomic mass is 9.75. The fourth-order valence-corrected chi connectivity index (χ4v) is 3.69. The van der Waals surface area contributed by atoms with Gasteiger partial charge in [0.15, 0.2) is 0 Å². The molecular formula is C17H24FNO. The number of benzene rings is 1. The molecule has 0 atom stereocenters. The van der Waals surface area contributed by atoms with E-state index in [-0.39, 0.29) is 11.2 Å². The molecule has 0 bridgehead atoms. The number of aliphatic hydroxyl groups is 1. The largest absolute Gasteiger partial charge is 0.396 e. The second-order valence-corrected chi connectivity index (χ2v) is 6.67. The molecule has 0 aliphatic heterocycles. The molecule has 0 aromatic heterocycles. The molecule has 1 aromatic rings. The molecule has 0 spiro atoms. The van der Waals surface area contributed by atoms with Gasteiger partial charge in [-0.15, -0.1) is 0 Å². The minimum Gasteiger partial charge on any atom is -0.396 e. The Balaban J connectivity index is 1.46. The third-order valence-corrected chi connectivity index (χ3v) is 5.22. The van der Waals surface area contributed by atoms with E-state index in [9.17, 15) is 9.50 Å². The maximum absolute atomic E-state index is 13.2. The minimum atomic E-state index is -0.135. The van der Waals surface area contributed by atoms with Crippen LogP contribution in [0.3, 0.4) is 0 Å². The summed E-state index contributed by atoms with van der Waals surface area (Å²) in [5, 5.41) is 13.2. The zero-order valence-electron chi connectivity index (χ0n) is 11.9. The summed E-state index contributed by atoms with van der Waals surface area (Å²) in [6.45, 7) is 1.24. The quantitative estimate of drug-likeness (QED) is 0.866. The molecule has 2 aliphatic carbocycles. The predicted octanol–water partition coefficient (Wildman–Crippen LogP) is 3.21. The first-order chi connectivity index (χ1) is 9.71. The SMILES string of the molecule is OCC1(CNC2CC(c3cccc(F)c3)C2)CCCC1. The molecule has 0 radical (unpaired) electrons. The smallest absolute Gasteiger partial charge is 0.123 e. The number of rotatable bonds is 5. The van der Waals surface area contributed by atoms with Gasteiger partial charge >= 0.3 is 0 Å². The van der Waals surface area contributed by atoms with Crippen molar-refractivity contribution in [3.05, 3.63) is 35.6 Å². The molecule has 1 aromatic carbocycles. The van der Waals surface area contributed by atoms with Gasteiger partial charge in [0.25, 0.3) is 0 Å². The highest BCUT2D eigenvalue weighted by atomic mass is 19.1. The summed E-state index contributed by atoms with van der Waals surface area (Å²) in [5.74, 6) is 0.362. The van der Waals surface area contributed by atoms with Crippen molar-refractivity contribution in [3.8, 4) is 0 Å². The van der Waals surface area contributed by atoms with E-state index in [1.54, 1.807) is 12.1 Å². The summed E-state index contributed by atoms with van der Waals surface area (Å²) in [7, 11) is 0. The number of hydrogen-bond acceptors (Lipinski definition) is 2. The van der Waals surface area contributed by atoms with Crippen LogP contribution < -0.4 is 5.32 Å². The summed E-state index contributed by atoms with van der Waals surface area (Å²) < 4.78 is 13.2. The second kappa shape index (κ2) is 5.82. The van der Waals surface area contributed by atoms with E-state index in [4.69, 9.17) is 0 Å². The highest BCUT2D eigenvalue weighted by Gasteiger charge is 2.36. The second-order valence-electron chi connectivity index (χ2n) is 6.67. The summed E-state index contributed by atoms with van der Waals surface area (Å²) in [4.78, 5) is 0. The number of halogens is 1. The zero-order valence-corrected chi connectivity index (χ0v) is 11.9. The number of hydrogen-bond donors (Lipinski definition) is 2. The van der Waals surface area contributed by atoms with Gasteiger partial charge in [-0.3, -0.25) is 0 Å². The molecule has 0 saturated heterocycles. The molecule has 0 heterocycles. The Morgan fingerprint density at radius 1 is 1.25 bits per heavy atom. The van der Waals surface area contributed by atoms with Crippen molar-refractivity contribution in [2.45, 2.75) is 50.5 Å². The van der Waals surface area contributed by atoms with Gasteiger partial charge in [-0.2, -0.15) is 0 Å². The summed E-state index contributed by atoms with van der Waals surface area (Å²) >= 11 is 0. The van der Waals surface area contributed by atoms with Crippen LogP contribution in [0.25, 0.3) is 0 Å². The predicted molar refractivity (Wildman–Crippen MR) is 78.2 cm³/mol. The zero-order chi connectivity index (χ0) is 14.0. The normalized spacial score (nSPS) is 28.3. The molecule has 110 valence electrons. The van der Waals surface area contributed by atoms with Gasteiger partial charge in [-0.05, 0) is 49.3 Å². The van der Waals surface area contributed by atoms with Crippen LogP contribution in [-0.4, -0.2) is 24.3 Å². The molecule has 2 N–H and O–H groups in total. The van der Waals surface area contributed by atoms with Crippen LogP contribution in [0.2, 0.25) is 0 Å². The topological polar surface area (TPSA) is 32.3 Å². The Hall–Kier alpha value is -0.930. The van der Waals surface area contributed by atoms with E-state index in [1.807, 2.05) is 6.07 Å². The first kappa shape index (κ1) is 14.0. The van der Waals surface area contributed by atoms with E-state index >= 15 is 0 Å². The van der Waals surface area contributed by atoms with Crippen molar-refractivity contribution >= 4 is 0 Å². The molecular weight excluding hydrogens is 253 g/mol. The van der Waals surface area contributed by atoms with Crippen LogP contribution >= 0.6 is 0 Å². The summed E-state index contributed by atoms with van der Waals surface area (Å²) in [6.07, 6.45) is 6.97. The van der Waals surface area contributed by atoms with Crippen molar-refractivity contribution in [2.24, 2.45) is 5.41 Å². The standard InChI is InChI=1S/C17H24FNO/c18-15-5-3-4-13(8-15)14-9-16(10-14)19-11-17(12-20)6-1-2-7-17/h3-5,8,14,16,19-20H,1-2,6-7,9-12H2. The van der Waals surface area contributed by atoms with Crippen LogP contribution in [0.4, 0.5) is 4.39 Å². The van der Waals surface area contributed by atoms with Crippen LogP contribution in [0, 0.1) is 11.2 Å². The van der Waals surface area contributed by atoms with Gasteiger partial charge in [-0.1, -0.05) is 25.0 Å². The van der Waals surface area contributed by atoms with E-state index in [0.717, 1.165) is 37.8 Å². The lowest BCUT2D eigenvalue weighted by Gasteiger charge is -2.39. The monoisotopic (exact) mass is 277 g/mol. The van der Waals surface area contributed by atoms with E-state index in [1.165, 1.54) is 18.9 Å². The maximum Gasteiger partial charge on any atom is 0.123 e. The highest BCUT2D eigenvalue weighted by molar-refractivity contribution is 5.23. The van der Waals surface area contributed by atoms with Crippen molar-refractivity contribution in [2.75, 3.05) is 13.2 Å². The molecule has 2 nitrogen and oxygen atoms in total. The molecule has 2 fully saturated rings. The molecule has 3 heteroatoms.